The van der Waals surface area contributed by atoms with Gasteiger partial charge in [-0.3, -0.25) is 4.57 Å². The molecule has 100 valence electrons. The zero-order chi connectivity index (χ0) is 13.9. The number of benzene rings is 2. The van der Waals surface area contributed by atoms with Crippen LogP contribution in [0.2, 0.25) is 10.3 Å². The Morgan fingerprint density at radius 2 is 1.55 bits per heavy atom. The quantitative estimate of drug-likeness (QED) is 0.722. The number of halogens is 2. The number of rotatable bonds is 3. The molecule has 0 N–H and O–H groups in total. The third kappa shape index (κ3) is 2.55. The molecule has 0 radical (unpaired) electrons. The van der Waals surface area contributed by atoms with Crippen molar-refractivity contribution >= 4 is 23.2 Å². The molecule has 5 heteroatoms. The van der Waals surface area contributed by atoms with Crippen LogP contribution in [-0.2, 0) is 6.54 Å². The van der Waals surface area contributed by atoms with Crippen LogP contribution < -0.4 is 0 Å². The molecule has 0 amide bonds. The fourth-order valence-corrected chi connectivity index (χ4v) is 2.39. The van der Waals surface area contributed by atoms with Crippen LogP contribution in [0.25, 0.3) is 11.4 Å². The molecule has 3 rings (SSSR count). The van der Waals surface area contributed by atoms with Crippen molar-refractivity contribution in [1.29, 1.82) is 0 Å². The Labute approximate surface area is 126 Å². The number of hydrogen-bond acceptors (Lipinski definition) is 2. The Hall–Kier alpha value is -1.84. The summed E-state index contributed by atoms with van der Waals surface area (Å²) in [7, 11) is 0. The predicted molar refractivity (Wildman–Crippen MR) is 81.0 cm³/mol. The van der Waals surface area contributed by atoms with Gasteiger partial charge in [-0.15, -0.1) is 10.2 Å². The molecule has 0 fully saturated rings. The van der Waals surface area contributed by atoms with Gasteiger partial charge in [-0.1, -0.05) is 60.1 Å². The lowest BCUT2D eigenvalue weighted by Crippen LogP contribution is -2.03. The first-order valence-electron chi connectivity index (χ1n) is 6.13. The van der Waals surface area contributed by atoms with E-state index in [1.165, 1.54) is 0 Å². The standard InChI is InChI=1S/C15H11Cl2N3/c16-13-9-5-4-8-12(13)10-20-14(18-19-15(20)17)11-6-2-1-3-7-11/h1-9H,10H2. The molecular formula is C15H11Cl2N3. The van der Waals surface area contributed by atoms with Gasteiger partial charge in [0.2, 0.25) is 5.28 Å². The minimum Gasteiger partial charge on any atom is -0.293 e. The highest BCUT2D eigenvalue weighted by atomic mass is 35.5. The minimum absolute atomic E-state index is 0.351. The van der Waals surface area contributed by atoms with Crippen molar-refractivity contribution < 1.29 is 0 Å². The van der Waals surface area contributed by atoms with Gasteiger partial charge in [0.25, 0.3) is 0 Å². The monoisotopic (exact) mass is 303 g/mol. The van der Waals surface area contributed by atoms with Crippen LogP contribution >= 0.6 is 23.2 Å². The van der Waals surface area contributed by atoms with Crippen molar-refractivity contribution in [3.8, 4) is 11.4 Å². The van der Waals surface area contributed by atoms with E-state index in [1.54, 1.807) is 0 Å². The summed E-state index contributed by atoms with van der Waals surface area (Å²) in [4.78, 5) is 0. The van der Waals surface area contributed by atoms with Gasteiger partial charge in [-0.2, -0.15) is 0 Å². The molecule has 0 aliphatic rings. The first-order valence-corrected chi connectivity index (χ1v) is 6.89. The van der Waals surface area contributed by atoms with Gasteiger partial charge in [-0.05, 0) is 23.2 Å². The maximum atomic E-state index is 6.19. The zero-order valence-corrected chi connectivity index (χ0v) is 12.0. The van der Waals surface area contributed by atoms with Crippen LogP contribution in [0.5, 0.6) is 0 Å². The van der Waals surface area contributed by atoms with E-state index >= 15 is 0 Å². The summed E-state index contributed by atoms with van der Waals surface area (Å²) in [5.74, 6) is 0.732. The van der Waals surface area contributed by atoms with E-state index in [-0.39, 0.29) is 0 Å². The summed E-state index contributed by atoms with van der Waals surface area (Å²) < 4.78 is 1.85. The van der Waals surface area contributed by atoms with Gasteiger partial charge < -0.3 is 0 Å². The van der Waals surface area contributed by atoms with Gasteiger partial charge in [0.15, 0.2) is 5.82 Å². The molecule has 3 aromatic rings. The van der Waals surface area contributed by atoms with E-state index in [0.29, 0.717) is 16.9 Å². The van der Waals surface area contributed by atoms with Crippen LogP contribution in [0, 0.1) is 0 Å². The van der Waals surface area contributed by atoms with Crippen molar-refractivity contribution in [2.45, 2.75) is 6.54 Å². The second kappa shape index (κ2) is 5.65. The summed E-state index contributed by atoms with van der Waals surface area (Å²) >= 11 is 12.3. The van der Waals surface area contributed by atoms with Crippen LogP contribution in [0.15, 0.2) is 54.6 Å². The number of nitrogens with zero attached hydrogens (tertiary/aromatic N) is 3. The number of aromatic nitrogens is 3. The van der Waals surface area contributed by atoms with Crippen molar-refractivity contribution in [2.75, 3.05) is 0 Å². The average molecular weight is 304 g/mol. The van der Waals surface area contributed by atoms with Gasteiger partial charge in [0.1, 0.15) is 0 Å². The maximum Gasteiger partial charge on any atom is 0.225 e. The predicted octanol–water partition coefficient (Wildman–Crippen LogP) is 4.30. The van der Waals surface area contributed by atoms with Gasteiger partial charge in [0, 0.05) is 10.6 Å². The Morgan fingerprint density at radius 3 is 2.30 bits per heavy atom. The summed E-state index contributed by atoms with van der Waals surface area (Å²) in [5.41, 5.74) is 1.95. The molecular weight excluding hydrogens is 293 g/mol. The maximum absolute atomic E-state index is 6.19. The van der Waals surface area contributed by atoms with Gasteiger partial charge in [-0.25, -0.2) is 0 Å². The van der Waals surface area contributed by atoms with E-state index in [9.17, 15) is 0 Å². The van der Waals surface area contributed by atoms with Crippen LogP contribution in [0.3, 0.4) is 0 Å². The largest absolute Gasteiger partial charge is 0.293 e. The summed E-state index contributed by atoms with van der Waals surface area (Å²) in [6, 6.07) is 17.5. The third-order valence-electron chi connectivity index (χ3n) is 3.02. The van der Waals surface area contributed by atoms with E-state index in [4.69, 9.17) is 23.2 Å². The molecule has 0 saturated heterocycles. The highest BCUT2D eigenvalue weighted by Crippen LogP contribution is 2.24. The fourth-order valence-electron chi connectivity index (χ4n) is 2.02. The van der Waals surface area contributed by atoms with Crippen molar-refractivity contribution in [2.24, 2.45) is 0 Å². The first kappa shape index (κ1) is 13.2. The molecule has 0 aliphatic carbocycles. The fraction of sp³-hybridized carbons (Fsp3) is 0.0667. The second-order valence-corrected chi connectivity index (χ2v) is 5.08. The summed E-state index contributed by atoms with van der Waals surface area (Å²) in [6.07, 6.45) is 0. The van der Waals surface area contributed by atoms with Crippen molar-refractivity contribution in [3.63, 3.8) is 0 Å². The third-order valence-corrected chi connectivity index (χ3v) is 3.67. The molecule has 0 bridgehead atoms. The molecule has 2 aromatic carbocycles. The SMILES string of the molecule is Clc1ccccc1Cn1c(Cl)nnc1-c1ccccc1. The highest BCUT2D eigenvalue weighted by molar-refractivity contribution is 6.31. The van der Waals surface area contributed by atoms with E-state index < -0.39 is 0 Å². The zero-order valence-electron chi connectivity index (χ0n) is 10.5. The molecule has 1 heterocycles. The Bertz CT molecular complexity index is 723. The lowest BCUT2D eigenvalue weighted by molar-refractivity contribution is 0.804. The molecule has 0 spiro atoms. The van der Waals surface area contributed by atoms with E-state index in [0.717, 1.165) is 17.0 Å². The molecule has 3 nitrogen and oxygen atoms in total. The number of hydrogen-bond donors (Lipinski definition) is 0. The normalized spacial score (nSPS) is 10.7. The molecule has 0 aliphatic heterocycles. The highest BCUT2D eigenvalue weighted by Gasteiger charge is 2.13. The van der Waals surface area contributed by atoms with Crippen LogP contribution in [0.1, 0.15) is 5.56 Å². The van der Waals surface area contributed by atoms with E-state index in [2.05, 4.69) is 10.2 Å². The molecule has 1 aromatic heterocycles. The van der Waals surface area contributed by atoms with Crippen molar-refractivity contribution in [3.05, 3.63) is 70.5 Å². The van der Waals surface area contributed by atoms with Gasteiger partial charge in [0.05, 0.1) is 6.54 Å². The van der Waals surface area contributed by atoms with E-state index in [1.807, 2.05) is 59.2 Å². The molecule has 0 unspecified atom stereocenters. The Kier molecular flexibility index (Phi) is 3.72. The lowest BCUT2D eigenvalue weighted by Gasteiger charge is -2.09. The summed E-state index contributed by atoms with van der Waals surface area (Å²) in [5, 5.41) is 9.16. The Morgan fingerprint density at radius 1 is 0.850 bits per heavy atom. The lowest BCUT2D eigenvalue weighted by atomic mass is 10.2. The van der Waals surface area contributed by atoms with Gasteiger partial charge >= 0.3 is 0 Å². The van der Waals surface area contributed by atoms with Crippen molar-refractivity contribution in [1.82, 2.24) is 14.8 Å². The Balaban J connectivity index is 2.03. The molecule has 0 saturated carbocycles. The summed E-state index contributed by atoms with van der Waals surface area (Å²) in [6.45, 7) is 0.537. The molecule has 0 atom stereocenters. The molecule has 20 heavy (non-hydrogen) atoms. The van der Waals surface area contributed by atoms with Crippen LogP contribution in [0.4, 0.5) is 0 Å². The van der Waals surface area contributed by atoms with Crippen LogP contribution in [-0.4, -0.2) is 14.8 Å². The minimum atomic E-state index is 0.351. The second-order valence-electron chi connectivity index (χ2n) is 4.34. The first-order chi connectivity index (χ1) is 9.75. The average Bonchev–Trinajstić information content (AvgIpc) is 2.84. The topological polar surface area (TPSA) is 30.7 Å². The smallest absolute Gasteiger partial charge is 0.225 e.